The zero-order valence-electron chi connectivity index (χ0n) is 11.7. The van der Waals surface area contributed by atoms with E-state index >= 15 is 0 Å². The van der Waals surface area contributed by atoms with Crippen LogP contribution in [0.15, 0.2) is 49.1 Å². The Hall–Kier alpha value is -2.29. The molecule has 0 spiro atoms. The zero-order valence-corrected chi connectivity index (χ0v) is 11.7. The molecule has 2 aromatic rings. The summed E-state index contributed by atoms with van der Waals surface area (Å²) in [7, 11) is 2.03. The van der Waals surface area contributed by atoms with E-state index in [2.05, 4.69) is 11.5 Å². The quantitative estimate of drug-likeness (QED) is 0.638. The number of aromatic carboxylic acids is 1. The fourth-order valence-electron chi connectivity index (χ4n) is 2.40. The summed E-state index contributed by atoms with van der Waals surface area (Å²) in [5, 5.41) is 11.0. The minimum atomic E-state index is -0.887. The number of anilines is 1. The van der Waals surface area contributed by atoms with Crippen LogP contribution in [0, 0.1) is 0 Å². The first-order valence-corrected chi connectivity index (χ1v) is 6.72. The Kier molecular flexibility index (Phi) is 4.41. The molecule has 3 heteroatoms. The van der Waals surface area contributed by atoms with E-state index in [9.17, 15) is 9.90 Å². The molecule has 0 saturated heterocycles. The van der Waals surface area contributed by atoms with Crippen molar-refractivity contribution in [1.82, 2.24) is 0 Å². The van der Waals surface area contributed by atoms with E-state index in [0.29, 0.717) is 5.56 Å². The van der Waals surface area contributed by atoms with Crippen LogP contribution in [0.1, 0.15) is 23.2 Å². The second-order valence-electron chi connectivity index (χ2n) is 4.84. The highest BCUT2D eigenvalue weighted by molar-refractivity contribution is 6.07. The number of unbranched alkanes of at least 4 members (excludes halogenated alkanes) is 1. The number of carboxylic acids is 1. The van der Waals surface area contributed by atoms with Gasteiger partial charge in [0, 0.05) is 24.7 Å². The van der Waals surface area contributed by atoms with Crippen molar-refractivity contribution in [2.24, 2.45) is 0 Å². The Morgan fingerprint density at radius 2 is 1.95 bits per heavy atom. The Morgan fingerprint density at radius 1 is 1.25 bits per heavy atom. The molecule has 104 valence electrons. The van der Waals surface area contributed by atoms with Crippen LogP contribution in [0.25, 0.3) is 10.8 Å². The number of carbonyl (C=O) groups is 1. The lowest BCUT2D eigenvalue weighted by Gasteiger charge is -2.21. The van der Waals surface area contributed by atoms with Gasteiger partial charge in [-0.25, -0.2) is 4.79 Å². The molecule has 0 fully saturated rings. The molecular formula is C17H19NO2. The predicted molar refractivity (Wildman–Crippen MR) is 83.6 cm³/mol. The number of fused-ring (bicyclic) bond motifs is 1. The molecule has 0 radical (unpaired) electrons. The lowest BCUT2D eigenvalue weighted by Crippen LogP contribution is -2.18. The molecule has 0 aliphatic rings. The van der Waals surface area contributed by atoms with Gasteiger partial charge in [0.1, 0.15) is 0 Å². The van der Waals surface area contributed by atoms with Gasteiger partial charge in [0.05, 0.1) is 5.56 Å². The van der Waals surface area contributed by atoms with Crippen molar-refractivity contribution in [1.29, 1.82) is 0 Å². The maximum Gasteiger partial charge on any atom is 0.336 e. The number of hydrogen-bond donors (Lipinski definition) is 1. The van der Waals surface area contributed by atoms with E-state index in [1.54, 1.807) is 6.07 Å². The van der Waals surface area contributed by atoms with E-state index in [1.807, 2.05) is 43.5 Å². The lowest BCUT2D eigenvalue weighted by molar-refractivity contribution is 0.0699. The topological polar surface area (TPSA) is 40.5 Å². The molecule has 0 amide bonds. The molecule has 1 N–H and O–H groups in total. The van der Waals surface area contributed by atoms with Crippen molar-refractivity contribution >= 4 is 22.4 Å². The standard InChI is InChI=1S/C17H19NO2/c1-3-4-7-12-18(2)16-11-10-15(17(19)20)13-8-5-6-9-14(13)16/h3,5-6,8-11H,1,4,7,12H2,2H3,(H,19,20). The van der Waals surface area contributed by atoms with Crippen LogP contribution < -0.4 is 4.90 Å². The number of carboxylic acid groups (broad SMARTS) is 1. The van der Waals surface area contributed by atoms with Gasteiger partial charge in [-0.05, 0) is 30.4 Å². The van der Waals surface area contributed by atoms with Crippen LogP contribution in [0.3, 0.4) is 0 Å². The fourth-order valence-corrected chi connectivity index (χ4v) is 2.40. The summed E-state index contributed by atoms with van der Waals surface area (Å²) in [5.74, 6) is -0.887. The third kappa shape index (κ3) is 2.82. The molecule has 20 heavy (non-hydrogen) atoms. The molecule has 0 aromatic heterocycles. The molecule has 2 rings (SSSR count). The van der Waals surface area contributed by atoms with E-state index < -0.39 is 5.97 Å². The van der Waals surface area contributed by atoms with E-state index in [-0.39, 0.29) is 0 Å². The number of allylic oxidation sites excluding steroid dienone is 1. The third-order valence-electron chi connectivity index (χ3n) is 3.44. The number of benzene rings is 2. The normalized spacial score (nSPS) is 10.4. The lowest BCUT2D eigenvalue weighted by atomic mass is 10.0. The monoisotopic (exact) mass is 269 g/mol. The first kappa shape index (κ1) is 14.1. The molecule has 0 aliphatic heterocycles. The minimum absolute atomic E-state index is 0.351. The number of rotatable bonds is 6. The van der Waals surface area contributed by atoms with Crippen molar-refractivity contribution in [3.8, 4) is 0 Å². The summed E-state index contributed by atoms with van der Waals surface area (Å²) in [6.07, 6.45) is 3.93. The molecule has 0 bridgehead atoms. The number of hydrogen-bond acceptors (Lipinski definition) is 2. The Bertz CT molecular complexity index is 634. The average Bonchev–Trinajstić information content (AvgIpc) is 2.46. The van der Waals surface area contributed by atoms with Crippen molar-refractivity contribution < 1.29 is 9.90 Å². The smallest absolute Gasteiger partial charge is 0.336 e. The Morgan fingerprint density at radius 3 is 2.60 bits per heavy atom. The van der Waals surface area contributed by atoms with Gasteiger partial charge in [0.25, 0.3) is 0 Å². The minimum Gasteiger partial charge on any atom is -0.478 e. The van der Waals surface area contributed by atoms with Crippen LogP contribution >= 0.6 is 0 Å². The first-order chi connectivity index (χ1) is 9.65. The zero-order chi connectivity index (χ0) is 14.5. The average molecular weight is 269 g/mol. The van der Waals surface area contributed by atoms with E-state index in [4.69, 9.17) is 0 Å². The molecule has 0 heterocycles. The predicted octanol–water partition coefficient (Wildman–Crippen LogP) is 3.94. The molecule has 3 nitrogen and oxygen atoms in total. The van der Waals surface area contributed by atoms with Gasteiger partial charge in [-0.15, -0.1) is 6.58 Å². The summed E-state index contributed by atoms with van der Waals surface area (Å²) in [6.45, 7) is 4.65. The Labute approximate surface area is 119 Å². The van der Waals surface area contributed by atoms with Crippen LogP contribution in [-0.2, 0) is 0 Å². The van der Waals surface area contributed by atoms with Crippen molar-refractivity contribution in [2.75, 3.05) is 18.5 Å². The Balaban J connectivity index is 2.42. The first-order valence-electron chi connectivity index (χ1n) is 6.72. The third-order valence-corrected chi connectivity index (χ3v) is 3.44. The molecular weight excluding hydrogens is 250 g/mol. The molecule has 0 saturated carbocycles. The van der Waals surface area contributed by atoms with Crippen LogP contribution in [0.4, 0.5) is 5.69 Å². The molecule has 0 atom stereocenters. The van der Waals surface area contributed by atoms with Crippen LogP contribution in [0.2, 0.25) is 0 Å². The van der Waals surface area contributed by atoms with Gasteiger partial charge in [-0.1, -0.05) is 30.3 Å². The summed E-state index contributed by atoms with van der Waals surface area (Å²) in [6, 6.07) is 11.2. The number of nitrogens with zero attached hydrogens (tertiary/aromatic N) is 1. The van der Waals surface area contributed by atoms with Crippen molar-refractivity contribution in [3.05, 3.63) is 54.6 Å². The van der Waals surface area contributed by atoms with E-state index in [0.717, 1.165) is 35.8 Å². The van der Waals surface area contributed by atoms with Gasteiger partial charge in [0.15, 0.2) is 0 Å². The summed E-state index contributed by atoms with van der Waals surface area (Å²) >= 11 is 0. The highest BCUT2D eigenvalue weighted by Crippen LogP contribution is 2.29. The molecule has 0 unspecified atom stereocenters. The van der Waals surface area contributed by atoms with Gasteiger partial charge in [-0.2, -0.15) is 0 Å². The van der Waals surface area contributed by atoms with Crippen LogP contribution in [-0.4, -0.2) is 24.7 Å². The second kappa shape index (κ2) is 6.24. The maximum absolute atomic E-state index is 11.3. The summed E-state index contributed by atoms with van der Waals surface area (Å²) in [4.78, 5) is 13.4. The van der Waals surface area contributed by atoms with Gasteiger partial charge in [-0.3, -0.25) is 0 Å². The van der Waals surface area contributed by atoms with Gasteiger partial charge in [0.2, 0.25) is 0 Å². The van der Waals surface area contributed by atoms with Crippen molar-refractivity contribution in [2.45, 2.75) is 12.8 Å². The fraction of sp³-hybridized carbons (Fsp3) is 0.235. The van der Waals surface area contributed by atoms with Crippen molar-refractivity contribution in [3.63, 3.8) is 0 Å². The van der Waals surface area contributed by atoms with Crippen LogP contribution in [0.5, 0.6) is 0 Å². The largest absolute Gasteiger partial charge is 0.478 e. The van der Waals surface area contributed by atoms with Gasteiger partial charge < -0.3 is 10.0 Å². The van der Waals surface area contributed by atoms with Gasteiger partial charge >= 0.3 is 5.97 Å². The summed E-state index contributed by atoms with van der Waals surface area (Å²) in [5.41, 5.74) is 1.42. The maximum atomic E-state index is 11.3. The summed E-state index contributed by atoms with van der Waals surface area (Å²) < 4.78 is 0. The second-order valence-corrected chi connectivity index (χ2v) is 4.84. The molecule has 2 aromatic carbocycles. The SMILES string of the molecule is C=CCCCN(C)c1ccc(C(=O)O)c2ccccc12. The molecule has 0 aliphatic carbocycles. The van der Waals surface area contributed by atoms with E-state index in [1.165, 1.54) is 0 Å². The highest BCUT2D eigenvalue weighted by Gasteiger charge is 2.12. The highest BCUT2D eigenvalue weighted by atomic mass is 16.4.